The fourth-order valence-electron chi connectivity index (χ4n) is 2.03. The van der Waals surface area contributed by atoms with Crippen LogP contribution in [-0.4, -0.2) is 35.9 Å². The Hall–Kier alpha value is -1.49. The van der Waals surface area contributed by atoms with Gasteiger partial charge in [-0.05, 0) is 31.4 Å². The van der Waals surface area contributed by atoms with Crippen molar-refractivity contribution in [3.63, 3.8) is 0 Å². The number of hydrogen-bond donors (Lipinski definition) is 2. The van der Waals surface area contributed by atoms with Crippen molar-refractivity contribution >= 4 is 11.5 Å². The first-order valence-corrected chi connectivity index (χ1v) is 6.53. The third kappa shape index (κ3) is 3.04. The van der Waals surface area contributed by atoms with Crippen LogP contribution in [0.15, 0.2) is 12.1 Å². The van der Waals surface area contributed by atoms with Crippen molar-refractivity contribution in [1.82, 2.24) is 4.98 Å². The van der Waals surface area contributed by atoms with Gasteiger partial charge in [0.25, 0.3) is 0 Å². The SMILES string of the molecule is CCCOc1nc(N2CCC(O)CC2)ccc1N. The minimum atomic E-state index is -0.175. The van der Waals surface area contributed by atoms with Crippen molar-refractivity contribution in [1.29, 1.82) is 0 Å². The lowest BCUT2D eigenvalue weighted by atomic mass is 10.1. The summed E-state index contributed by atoms with van der Waals surface area (Å²) in [5.41, 5.74) is 6.41. The molecule has 0 atom stereocenters. The second-order valence-corrected chi connectivity index (χ2v) is 4.63. The molecule has 2 rings (SSSR count). The van der Waals surface area contributed by atoms with Crippen LogP contribution in [0.3, 0.4) is 0 Å². The number of nitrogen functional groups attached to an aromatic ring is 1. The molecule has 0 saturated carbocycles. The summed E-state index contributed by atoms with van der Waals surface area (Å²) in [5.74, 6) is 1.39. The van der Waals surface area contributed by atoms with E-state index in [-0.39, 0.29) is 6.10 Å². The molecular formula is C13H21N3O2. The highest BCUT2D eigenvalue weighted by Crippen LogP contribution is 2.25. The molecule has 0 aromatic carbocycles. The predicted octanol–water partition coefficient (Wildman–Crippen LogP) is 1.41. The Balaban J connectivity index is 2.08. The molecule has 0 bridgehead atoms. The second kappa shape index (κ2) is 5.91. The van der Waals surface area contributed by atoms with Gasteiger partial charge < -0.3 is 20.5 Å². The molecular weight excluding hydrogens is 230 g/mol. The lowest BCUT2D eigenvalue weighted by molar-refractivity contribution is 0.145. The molecule has 1 aromatic heterocycles. The van der Waals surface area contributed by atoms with Crippen molar-refractivity contribution in [3.05, 3.63) is 12.1 Å². The minimum Gasteiger partial charge on any atom is -0.476 e. The number of rotatable bonds is 4. The Morgan fingerprint density at radius 2 is 2.17 bits per heavy atom. The van der Waals surface area contributed by atoms with Crippen LogP contribution in [0.1, 0.15) is 26.2 Å². The summed E-state index contributed by atoms with van der Waals surface area (Å²) in [4.78, 5) is 6.61. The maximum atomic E-state index is 9.50. The molecule has 1 aliphatic heterocycles. The molecule has 3 N–H and O–H groups in total. The van der Waals surface area contributed by atoms with E-state index in [4.69, 9.17) is 10.5 Å². The van der Waals surface area contributed by atoms with Gasteiger partial charge in [0.2, 0.25) is 5.88 Å². The summed E-state index contributed by atoms with van der Waals surface area (Å²) in [6.45, 7) is 4.32. The highest BCUT2D eigenvalue weighted by molar-refractivity contribution is 5.54. The van der Waals surface area contributed by atoms with Crippen LogP contribution in [0.25, 0.3) is 0 Å². The third-order valence-electron chi connectivity index (χ3n) is 3.11. The molecule has 1 aliphatic rings. The molecule has 2 heterocycles. The van der Waals surface area contributed by atoms with Crippen molar-refractivity contribution in [2.24, 2.45) is 0 Å². The Labute approximate surface area is 108 Å². The van der Waals surface area contributed by atoms with E-state index in [0.717, 1.165) is 38.2 Å². The van der Waals surface area contributed by atoms with E-state index in [9.17, 15) is 5.11 Å². The van der Waals surface area contributed by atoms with Crippen LogP contribution in [-0.2, 0) is 0 Å². The van der Waals surface area contributed by atoms with E-state index >= 15 is 0 Å². The van der Waals surface area contributed by atoms with Crippen LogP contribution in [0.2, 0.25) is 0 Å². The van der Waals surface area contributed by atoms with Gasteiger partial charge in [0.05, 0.1) is 18.4 Å². The van der Waals surface area contributed by atoms with E-state index in [0.29, 0.717) is 18.2 Å². The molecule has 5 nitrogen and oxygen atoms in total. The van der Waals surface area contributed by atoms with Gasteiger partial charge >= 0.3 is 0 Å². The van der Waals surface area contributed by atoms with E-state index in [2.05, 4.69) is 9.88 Å². The van der Waals surface area contributed by atoms with Crippen LogP contribution >= 0.6 is 0 Å². The molecule has 100 valence electrons. The standard InChI is InChI=1S/C13H21N3O2/c1-2-9-18-13-11(14)3-4-12(15-13)16-7-5-10(17)6-8-16/h3-4,10,17H,2,5-9,14H2,1H3. The van der Waals surface area contributed by atoms with E-state index < -0.39 is 0 Å². The first-order chi connectivity index (χ1) is 8.70. The highest BCUT2D eigenvalue weighted by atomic mass is 16.5. The molecule has 18 heavy (non-hydrogen) atoms. The summed E-state index contributed by atoms with van der Waals surface area (Å²) in [6, 6.07) is 3.74. The monoisotopic (exact) mass is 251 g/mol. The number of nitrogens with zero attached hydrogens (tertiary/aromatic N) is 2. The highest BCUT2D eigenvalue weighted by Gasteiger charge is 2.18. The number of aromatic nitrogens is 1. The molecule has 1 saturated heterocycles. The Morgan fingerprint density at radius 3 is 2.83 bits per heavy atom. The molecule has 0 spiro atoms. The van der Waals surface area contributed by atoms with Gasteiger partial charge in [0, 0.05) is 13.1 Å². The van der Waals surface area contributed by atoms with Crippen molar-refractivity contribution in [2.75, 3.05) is 30.3 Å². The Morgan fingerprint density at radius 1 is 1.44 bits per heavy atom. The fourth-order valence-corrected chi connectivity index (χ4v) is 2.03. The quantitative estimate of drug-likeness (QED) is 0.846. The Bertz CT molecular complexity index is 390. The molecule has 1 aromatic rings. The number of pyridine rings is 1. The number of piperidine rings is 1. The second-order valence-electron chi connectivity index (χ2n) is 4.63. The molecule has 0 amide bonds. The smallest absolute Gasteiger partial charge is 0.239 e. The van der Waals surface area contributed by atoms with Gasteiger partial charge in [-0.2, -0.15) is 4.98 Å². The zero-order chi connectivity index (χ0) is 13.0. The summed E-state index contributed by atoms with van der Waals surface area (Å²) in [5, 5.41) is 9.50. The minimum absolute atomic E-state index is 0.175. The number of ether oxygens (including phenoxy) is 1. The maximum Gasteiger partial charge on any atom is 0.239 e. The topological polar surface area (TPSA) is 71.6 Å². The first kappa shape index (κ1) is 13.0. The number of aliphatic hydroxyl groups is 1. The maximum absolute atomic E-state index is 9.50. The fraction of sp³-hybridized carbons (Fsp3) is 0.615. The first-order valence-electron chi connectivity index (χ1n) is 6.53. The van der Waals surface area contributed by atoms with Crippen LogP contribution in [0, 0.1) is 0 Å². The number of aliphatic hydroxyl groups excluding tert-OH is 1. The Kier molecular flexibility index (Phi) is 4.25. The number of hydrogen-bond acceptors (Lipinski definition) is 5. The van der Waals surface area contributed by atoms with Crippen molar-refractivity contribution in [2.45, 2.75) is 32.3 Å². The lowest BCUT2D eigenvalue weighted by Crippen LogP contribution is -2.36. The molecule has 0 aliphatic carbocycles. The summed E-state index contributed by atoms with van der Waals surface area (Å²) in [7, 11) is 0. The van der Waals surface area contributed by atoms with Gasteiger partial charge in [-0.1, -0.05) is 6.92 Å². The zero-order valence-electron chi connectivity index (χ0n) is 10.8. The van der Waals surface area contributed by atoms with Crippen molar-refractivity contribution in [3.8, 4) is 5.88 Å². The molecule has 1 fully saturated rings. The zero-order valence-corrected chi connectivity index (χ0v) is 10.8. The normalized spacial score (nSPS) is 16.9. The van der Waals surface area contributed by atoms with Gasteiger partial charge in [-0.25, -0.2) is 0 Å². The van der Waals surface area contributed by atoms with Crippen LogP contribution < -0.4 is 15.4 Å². The average Bonchev–Trinajstić information content (AvgIpc) is 2.39. The molecule has 0 radical (unpaired) electrons. The summed E-state index contributed by atoms with van der Waals surface area (Å²) < 4.78 is 5.53. The predicted molar refractivity (Wildman–Crippen MR) is 71.9 cm³/mol. The van der Waals surface area contributed by atoms with Gasteiger partial charge in [0.1, 0.15) is 5.82 Å². The third-order valence-corrected chi connectivity index (χ3v) is 3.11. The van der Waals surface area contributed by atoms with E-state index in [1.165, 1.54) is 0 Å². The van der Waals surface area contributed by atoms with Gasteiger partial charge in [0.15, 0.2) is 0 Å². The van der Waals surface area contributed by atoms with Gasteiger partial charge in [-0.15, -0.1) is 0 Å². The lowest BCUT2D eigenvalue weighted by Gasteiger charge is -2.30. The number of nitrogens with two attached hydrogens (primary N) is 1. The largest absolute Gasteiger partial charge is 0.476 e. The van der Waals surface area contributed by atoms with Crippen LogP contribution in [0.4, 0.5) is 11.5 Å². The van der Waals surface area contributed by atoms with E-state index in [1.54, 1.807) is 0 Å². The average molecular weight is 251 g/mol. The molecule has 0 unspecified atom stereocenters. The van der Waals surface area contributed by atoms with Crippen molar-refractivity contribution < 1.29 is 9.84 Å². The van der Waals surface area contributed by atoms with Crippen LogP contribution in [0.5, 0.6) is 5.88 Å². The van der Waals surface area contributed by atoms with Gasteiger partial charge in [-0.3, -0.25) is 0 Å². The summed E-state index contributed by atoms with van der Waals surface area (Å²) in [6.07, 6.45) is 2.33. The number of anilines is 2. The van der Waals surface area contributed by atoms with E-state index in [1.807, 2.05) is 19.1 Å². The summed E-state index contributed by atoms with van der Waals surface area (Å²) >= 11 is 0. The molecule has 5 heteroatoms.